The van der Waals surface area contributed by atoms with E-state index >= 15 is 0 Å². The Kier molecular flexibility index (Phi) is 4.82. The zero-order valence-electron chi connectivity index (χ0n) is 8.42. The Hall–Kier alpha value is -0.750. The Morgan fingerprint density at radius 2 is 1.31 bits per heavy atom. The van der Waals surface area contributed by atoms with Crippen LogP contribution < -0.4 is 0 Å². The van der Waals surface area contributed by atoms with Crippen molar-refractivity contribution in [1.82, 2.24) is 0 Å². The van der Waals surface area contributed by atoms with Crippen LogP contribution in [-0.2, 0) is 0 Å². The quantitative estimate of drug-likeness (QED) is 0.390. The first kappa shape index (κ1) is 15.2. The van der Waals surface area contributed by atoms with Crippen molar-refractivity contribution in [2.24, 2.45) is 0 Å². The molecule has 0 rings (SSSR count). The van der Waals surface area contributed by atoms with Crippen molar-refractivity contribution in [3.05, 3.63) is 12.2 Å². The normalized spacial score (nSPS) is 14.8. The minimum atomic E-state index is -5.99. The topological polar surface area (TPSA) is 0 Å². The van der Waals surface area contributed by atoms with E-state index in [1.807, 2.05) is 0 Å². The number of halogens is 7. The first-order valence-electron chi connectivity index (χ1n) is 4.56. The highest BCUT2D eigenvalue weighted by molar-refractivity contribution is 5.10. The molecular formula is C9H11F7. The van der Waals surface area contributed by atoms with Crippen LogP contribution in [0.1, 0.15) is 26.2 Å². The van der Waals surface area contributed by atoms with Gasteiger partial charge < -0.3 is 0 Å². The summed E-state index contributed by atoms with van der Waals surface area (Å²) in [5.41, 5.74) is -5.26. The number of rotatable bonds is 4. The van der Waals surface area contributed by atoms with Gasteiger partial charge in [-0.2, -0.15) is 26.3 Å². The number of allylic oxidation sites excluding steroid dienone is 2. The molecule has 0 aromatic rings. The van der Waals surface area contributed by atoms with E-state index < -0.39 is 24.1 Å². The van der Waals surface area contributed by atoms with Gasteiger partial charge in [0.1, 0.15) is 0 Å². The Morgan fingerprint density at radius 1 is 0.875 bits per heavy atom. The zero-order valence-corrected chi connectivity index (χ0v) is 8.42. The van der Waals surface area contributed by atoms with Gasteiger partial charge >= 0.3 is 18.0 Å². The molecule has 0 heterocycles. The molecule has 0 aliphatic rings. The molecule has 0 aliphatic heterocycles. The maximum atomic E-state index is 12.9. The Labute approximate surface area is 88.1 Å². The molecular weight excluding hydrogens is 241 g/mol. The maximum absolute atomic E-state index is 12.9. The van der Waals surface area contributed by atoms with Gasteiger partial charge in [-0.3, -0.25) is 0 Å². The summed E-state index contributed by atoms with van der Waals surface area (Å²) in [7, 11) is 0. The Bertz CT molecular complexity index is 221. The fraction of sp³-hybridized carbons (Fsp3) is 0.778. The van der Waals surface area contributed by atoms with Crippen molar-refractivity contribution in [1.29, 1.82) is 0 Å². The lowest BCUT2D eigenvalue weighted by Gasteiger charge is -2.26. The highest BCUT2D eigenvalue weighted by Crippen LogP contribution is 2.47. The van der Waals surface area contributed by atoms with E-state index in [0.29, 0.717) is 18.9 Å². The predicted molar refractivity (Wildman–Crippen MR) is 44.6 cm³/mol. The second-order valence-electron chi connectivity index (χ2n) is 3.25. The Balaban J connectivity index is 4.91. The highest BCUT2D eigenvalue weighted by Gasteiger charge is 2.70. The summed E-state index contributed by atoms with van der Waals surface area (Å²) < 4.78 is 84.7. The molecule has 0 bridgehead atoms. The van der Waals surface area contributed by atoms with Gasteiger partial charge in [0, 0.05) is 0 Å². The standard InChI is InChI=1S/C9H11F7/c1-2-3-4-5-6-7(10,8(11,12)13)9(14,15)16/h5-6H,2-4H2,1H3/b6-5+. The van der Waals surface area contributed by atoms with E-state index in [9.17, 15) is 30.7 Å². The second-order valence-corrected chi connectivity index (χ2v) is 3.25. The van der Waals surface area contributed by atoms with Crippen molar-refractivity contribution in [3.63, 3.8) is 0 Å². The molecule has 0 N–H and O–H groups in total. The summed E-state index contributed by atoms with van der Waals surface area (Å²) in [4.78, 5) is 0. The fourth-order valence-corrected chi connectivity index (χ4v) is 0.917. The van der Waals surface area contributed by atoms with Gasteiger partial charge in [-0.25, -0.2) is 4.39 Å². The van der Waals surface area contributed by atoms with Gasteiger partial charge in [0.2, 0.25) is 0 Å². The molecule has 0 radical (unpaired) electrons. The third-order valence-corrected chi connectivity index (χ3v) is 1.90. The first-order chi connectivity index (χ1) is 7.06. The van der Waals surface area contributed by atoms with Crippen LogP contribution in [0.3, 0.4) is 0 Å². The van der Waals surface area contributed by atoms with E-state index in [2.05, 4.69) is 0 Å². The minimum Gasteiger partial charge on any atom is -0.219 e. The van der Waals surface area contributed by atoms with E-state index in [1.54, 1.807) is 6.92 Å². The molecule has 0 aromatic heterocycles. The van der Waals surface area contributed by atoms with Crippen LogP contribution in [0.4, 0.5) is 30.7 Å². The summed E-state index contributed by atoms with van der Waals surface area (Å²) >= 11 is 0. The van der Waals surface area contributed by atoms with Gasteiger partial charge in [-0.15, -0.1) is 0 Å². The van der Waals surface area contributed by atoms with Crippen molar-refractivity contribution in [3.8, 4) is 0 Å². The largest absolute Gasteiger partial charge is 0.435 e. The van der Waals surface area contributed by atoms with E-state index in [-0.39, 0.29) is 6.42 Å². The average molecular weight is 252 g/mol. The second kappa shape index (κ2) is 5.05. The number of hydrogen-bond donors (Lipinski definition) is 0. The third kappa shape index (κ3) is 3.38. The molecule has 0 aliphatic carbocycles. The lowest BCUT2D eigenvalue weighted by Crippen LogP contribution is -2.51. The van der Waals surface area contributed by atoms with Gasteiger partial charge in [-0.1, -0.05) is 25.8 Å². The first-order valence-corrected chi connectivity index (χ1v) is 4.56. The van der Waals surface area contributed by atoms with Gasteiger partial charge in [-0.05, 0) is 12.5 Å². The minimum absolute atomic E-state index is 0.0195. The molecule has 0 fully saturated rings. The molecule has 0 aromatic carbocycles. The lowest BCUT2D eigenvalue weighted by atomic mass is 10.0. The van der Waals surface area contributed by atoms with Gasteiger partial charge in [0.25, 0.3) is 0 Å². The lowest BCUT2D eigenvalue weighted by molar-refractivity contribution is -0.322. The van der Waals surface area contributed by atoms with Crippen LogP contribution in [0.15, 0.2) is 12.2 Å². The molecule has 0 unspecified atom stereocenters. The predicted octanol–water partition coefficient (Wildman–Crippen LogP) is 4.57. The van der Waals surface area contributed by atoms with Crippen molar-refractivity contribution in [2.75, 3.05) is 0 Å². The maximum Gasteiger partial charge on any atom is 0.435 e. The number of unbranched alkanes of at least 4 members (excludes halogenated alkanes) is 2. The number of alkyl halides is 7. The molecule has 0 spiro atoms. The molecule has 96 valence electrons. The highest BCUT2D eigenvalue weighted by atomic mass is 19.4. The molecule has 16 heavy (non-hydrogen) atoms. The van der Waals surface area contributed by atoms with Crippen LogP contribution in [-0.4, -0.2) is 18.0 Å². The van der Waals surface area contributed by atoms with E-state index in [4.69, 9.17) is 0 Å². The monoisotopic (exact) mass is 252 g/mol. The molecule has 0 atom stereocenters. The molecule has 0 saturated heterocycles. The van der Waals surface area contributed by atoms with Crippen molar-refractivity contribution < 1.29 is 30.7 Å². The van der Waals surface area contributed by atoms with Crippen LogP contribution >= 0.6 is 0 Å². The summed E-state index contributed by atoms with van der Waals surface area (Å²) in [6.07, 6.45) is -10.9. The summed E-state index contributed by atoms with van der Waals surface area (Å²) in [6.45, 7) is 1.71. The zero-order chi connectivity index (χ0) is 13.0. The van der Waals surface area contributed by atoms with E-state index in [1.165, 1.54) is 0 Å². The van der Waals surface area contributed by atoms with E-state index in [0.717, 1.165) is 0 Å². The van der Waals surface area contributed by atoms with Crippen molar-refractivity contribution >= 4 is 0 Å². The molecule has 0 nitrogen and oxygen atoms in total. The average Bonchev–Trinajstić information content (AvgIpc) is 2.08. The Morgan fingerprint density at radius 3 is 1.62 bits per heavy atom. The van der Waals surface area contributed by atoms with Crippen LogP contribution in [0.25, 0.3) is 0 Å². The smallest absolute Gasteiger partial charge is 0.219 e. The van der Waals surface area contributed by atoms with Crippen molar-refractivity contribution in [2.45, 2.75) is 44.2 Å². The van der Waals surface area contributed by atoms with Crippen LogP contribution in [0.2, 0.25) is 0 Å². The SMILES string of the molecule is CCCC/C=C/C(F)(C(F)(F)F)C(F)(F)F. The number of hydrogen-bond acceptors (Lipinski definition) is 0. The summed E-state index contributed by atoms with van der Waals surface area (Å²) in [5.74, 6) is 0. The third-order valence-electron chi connectivity index (χ3n) is 1.90. The molecule has 7 heteroatoms. The van der Waals surface area contributed by atoms with Crippen LogP contribution in [0.5, 0.6) is 0 Å². The summed E-state index contributed by atoms with van der Waals surface area (Å²) in [5, 5.41) is 0. The van der Waals surface area contributed by atoms with Gasteiger partial charge in [0.05, 0.1) is 0 Å². The summed E-state index contributed by atoms with van der Waals surface area (Å²) in [6, 6.07) is 0. The van der Waals surface area contributed by atoms with Crippen LogP contribution in [0, 0.1) is 0 Å². The molecule has 0 amide bonds. The molecule has 0 saturated carbocycles. The fourth-order valence-electron chi connectivity index (χ4n) is 0.917. The van der Waals surface area contributed by atoms with Gasteiger partial charge in [0.15, 0.2) is 0 Å².